The Morgan fingerprint density at radius 2 is 1.79 bits per heavy atom. The van der Waals surface area contributed by atoms with Gasteiger partial charge < -0.3 is 10.6 Å². The molecule has 0 bridgehead atoms. The Bertz CT molecular complexity index is 826. The quantitative estimate of drug-likeness (QED) is 0.722. The van der Waals surface area contributed by atoms with Crippen LogP contribution in [0.15, 0.2) is 48.5 Å². The van der Waals surface area contributed by atoms with Gasteiger partial charge in [0, 0.05) is 5.69 Å². The molecule has 0 spiro atoms. The number of hydrogen-bond donors (Lipinski definition) is 2. The fourth-order valence-corrected chi connectivity index (χ4v) is 2.98. The van der Waals surface area contributed by atoms with E-state index < -0.39 is 17.8 Å². The Labute approximate surface area is 139 Å². The van der Waals surface area contributed by atoms with Gasteiger partial charge in [0.2, 0.25) is 0 Å². The maximum absolute atomic E-state index is 12.5. The first-order chi connectivity index (χ1) is 11.4. The molecule has 1 heterocycles. The van der Waals surface area contributed by atoms with Crippen LogP contribution in [0.5, 0.6) is 0 Å². The molecule has 3 aromatic rings. The summed E-state index contributed by atoms with van der Waals surface area (Å²) < 4.78 is 38.4. The molecule has 0 aliphatic rings. The number of nitrogens with zero attached hydrogens (tertiary/aromatic N) is 1. The van der Waals surface area contributed by atoms with E-state index in [9.17, 15) is 18.0 Å². The van der Waals surface area contributed by atoms with Gasteiger partial charge in [-0.15, -0.1) is 11.3 Å². The first-order valence-electron chi connectivity index (χ1n) is 6.98. The minimum Gasteiger partial charge on any atom is -0.331 e. The highest BCUT2D eigenvalue weighted by Crippen LogP contribution is 2.29. The number of rotatable bonds is 3. The van der Waals surface area contributed by atoms with Crippen LogP contribution in [-0.2, 0) is 12.7 Å². The van der Waals surface area contributed by atoms with Crippen LogP contribution < -0.4 is 10.6 Å². The third-order valence-electron chi connectivity index (χ3n) is 3.21. The van der Waals surface area contributed by atoms with Crippen LogP contribution >= 0.6 is 11.3 Å². The lowest BCUT2D eigenvalue weighted by atomic mass is 10.2. The topological polar surface area (TPSA) is 54.0 Å². The molecule has 0 saturated carbocycles. The molecule has 3 rings (SSSR count). The summed E-state index contributed by atoms with van der Waals surface area (Å²) in [6.45, 7) is 0.242. The second-order valence-electron chi connectivity index (χ2n) is 4.96. The van der Waals surface area contributed by atoms with E-state index in [0.29, 0.717) is 0 Å². The maximum Gasteiger partial charge on any atom is 0.416 e. The Kier molecular flexibility index (Phi) is 4.39. The largest absolute Gasteiger partial charge is 0.416 e. The van der Waals surface area contributed by atoms with Gasteiger partial charge in [-0.05, 0) is 36.4 Å². The predicted octanol–water partition coefficient (Wildman–Crippen LogP) is 4.64. The number of nitrogens with one attached hydrogen (secondary N) is 2. The fraction of sp³-hybridized carbons (Fsp3) is 0.125. The highest BCUT2D eigenvalue weighted by molar-refractivity contribution is 7.18. The van der Waals surface area contributed by atoms with E-state index in [0.717, 1.165) is 27.4 Å². The van der Waals surface area contributed by atoms with Crippen LogP contribution in [0, 0.1) is 0 Å². The maximum atomic E-state index is 12.5. The minimum atomic E-state index is -4.40. The molecular weight excluding hydrogens is 339 g/mol. The van der Waals surface area contributed by atoms with Crippen LogP contribution in [0.2, 0.25) is 0 Å². The molecule has 0 saturated heterocycles. The Morgan fingerprint density at radius 1 is 1.08 bits per heavy atom. The first-order valence-corrected chi connectivity index (χ1v) is 7.80. The number of carbonyl (C=O) groups is 1. The first kappa shape index (κ1) is 16.3. The van der Waals surface area contributed by atoms with Gasteiger partial charge >= 0.3 is 12.2 Å². The minimum absolute atomic E-state index is 0.242. The number of urea groups is 1. The van der Waals surface area contributed by atoms with Crippen LogP contribution in [0.3, 0.4) is 0 Å². The lowest BCUT2D eigenvalue weighted by Crippen LogP contribution is -2.28. The highest BCUT2D eigenvalue weighted by Gasteiger charge is 2.29. The van der Waals surface area contributed by atoms with Gasteiger partial charge in [-0.2, -0.15) is 13.2 Å². The van der Waals surface area contributed by atoms with Crippen LogP contribution in [0.25, 0.3) is 10.2 Å². The molecule has 2 N–H and O–H groups in total. The van der Waals surface area contributed by atoms with Gasteiger partial charge in [0.05, 0.1) is 22.3 Å². The van der Waals surface area contributed by atoms with E-state index in [1.165, 1.54) is 23.5 Å². The van der Waals surface area contributed by atoms with Gasteiger partial charge in [0.1, 0.15) is 5.01 Å². The second-order valence-corrected chi connectivity index (χ2v) is 6.07. The third kappa shape index (κ3) is 3.83. The van der Waals surface area contributed by atoms with E-state index in [1.54, 1.807) is 0 Å². The van der Waals surface area contributed by atoms with Crippen molar-refractivity contribution in [3.05, 3.63) is 59.1 Å². The predicted molar refractivity (Wildman–Crippen MR) is 86.9 cm³/mol. The molecule has 0 atom stereocenters. The smallest absolute Gasteiger partial charge is 0.331 e. The molecule has 1 aromatic heterocycles. The number of fused-ring (bicyclic) bond motifs is 1. The zero-order valence-electron chi connectivity index (χ0n) is 12.2. The molecular formula is C16H12F3N3OS. The molecule has 24 heavy (non-hydrogen) atoms. The monoisotopic (exact) mass is 351 g/mol. The summed E-state index contributed by atoms with van der Waals surface area (Å²) in [5.41, 5.74) is 0.384. The molecule has 0 aliphatic heterocycles. The average molecular weight is 351 g/mol. The summed E-state index contributed by atoms with van der Waals surface area (Å²) in [5.74, 6) is 0. The van der Waals surface area contributed by atoms with Crippen molar-refractivity contribution in [2.45, 2.75) is 12.7 Å². The van der Waals surface area contributed by atoms with Crippen LogP contribution in [-0.4, -0.2) is 11.0 Å². The Morgan fingerprint density at radius 3 is 2.46 bits per heavy atom. The second kappa shape index (κ2) is 6.48. The van der Waals surface area contributed by atoms with Crippen molar-refractivity contribution >= 4 is 33.3 Å². The summed E-state index contributed by atoms with van der Waals surface area (Å²) >= 11 is 1.47. The van der Waals surface area contributed by atoms with E-state index in [-0.39, 0.29) is 12.2 Å². The third-order valence-corrected chi connectivity index (χ3v) is 4.24. The van der Waals surface area contributed by atoms with Crippen molar-refractivity contribution in [2.24, 2.45) is 0 Å². The van der Waals surface area contributed by atoms with Gasteiger partial charge in [-0.3, -0.25) is 0 Å². The van der Waals surface area contributed by atoms with E-state index in [2.05, 4.69) is 15.6 Å². The molecule has 8 heteroatoms. The summed E-state index contributed by atoms with van der Waals surface area (Å²) in [4.78, 5) is 16.2. The van der Waals surface area contributed by atoms with Gasteiger partial charge in [0.15, 0.2) is 0 Å². The number of anilines is 1. The zero-order chi connectivity index (χ0) is 17.2. The van der Waals surface area contributed by atoms with Crippen molar-refractivity contribution in [2.75, 3.05) is 5.32 Å². The number of alkyl halides is 3. The number of benzene rings is 2. The van der Waals surface area contributed by atoms with Crippen LogP contribution in [0.1, 0.15) is 10.6 Å². The number of thiazole rings is 1. The summed E-state index contributed by atoms with van der Waals surface area (Å²) in [5, 5.41) is 5.86. The zero-order valence-corrected chi connectivity index (χ0v) is 13.0. The molecule has 4 nitrogen and oxygen atoms in total. The van der Waals surface area contributed by atoms with Gasteiger partial charge in [-0.25, -0.2) is 9.78 Å². The molecule has 0 radical (unpaired) electrons. The lowest BCUT2D eigenvalue weighted by Gasteiger charge is -2.09. The summed E-state index contributed by atoms with van der Waals surface area (Å²) in [6, 6.07) is 11.4. The van der Waals surface area contributed by atoms with E-state index in [1.807, 2.05) is 24.3 Å². The number of halogens is 3. The van der Waals surface area contributed by atoms with Crippen molar-refractivity contribution in [1.82, 2.24) is 10.3 Å². The SMILES string of the molecule is O=C(NCc1nc2ccccc2s1)Nc1ccc(C(F)(F)F)cc1. The van der Waals surface area contributed by atoms with Gasteiger partial charge in [-0.1, -0.05) is 12.1 Å². The molecule has 0 unspecified atom stereocenters. The summed E-state index contributed by atoms with van der Waals surface area (Å²) in [6.07, 6.45) is -4.40. The summed E-state index contributed by atoms with van der Waals surface area (Å²) in [7, 11) is 0. The van der Waals surface area contributed by atoms with Gasteiger partial charge in [0.25, 0.3) is 0 Å². The molecule has 0 fully saturated rings. The Balaban J connectivity index is 1.57. The van der Waals surface area contributed by atoms with Crippen molar-refractivity contribution in [1.29, 1.82) is 0 Å². The number of aromatic nitrogens is 1. The fourth-order valence-electron chi connectivity index (χ4n) is 2.07. The number of hydrogen-bond acceptors (Lipinski definition) is 3. The highest BCUT2D eigenvalue weighted by atomic mass is 32.1. The van der Waals surface area contributed by atoms with Crippen molar-refractivity contribution in [3.63, 3.8) is 0 Å². The molecule has 124 valence electrons. The normalized spacial score (nSPS) is 11.5. The van der Waals surface area contributed by atoms with E-state index >= 15 is 0 Å². The lowest BCUT2D eigenvalue weighted by molar-refractivity contribution is -0.137. The average Bonchev–Trinajstić information content (AvgIpc) is 2.95. The number of amides is 2. The molecule has 2 aromatic carbocycles. The van der Waals surface area contributed by atoms with Crippen molar-refractivity contribution < 1.29 is 18.0 Å². The molecule has 0 aliphatic carbocycles. The van der Waals surface area contributed by atoms with Crippen LogP contribution in [0.4, 0.5) is 23.7 Å². The van der Waals surface area contributed by atoms with E-state index in [4.69, 9.17) is 0 Å². The van der Waals surface area contributed by atoms with Crippen molar-refractivity contribution in [3.8, 4) is 0 Å². The molecule has 2 amide bonds. The number of para-hydroxylation sites is 1. The Hall–Kier alpha value is -2.61. The standard InChI is InChI=1S/C16H12F3N3OS/c17-16(18,19)10-5-7-11(8-6-10)21-15(23)20-9-14-22-12-3-1-2-4-13(12)24-14/h1-8H,9H2,(H2,20,21,23). The number of carbonyl (C=O) groups excluding carboxylic acids is 1.